The molecule has 7 heteroatoms. The molecule has 0 aliphatic heterocycles. The summed E-state index contributed by atoms with van der Waals surface area (Å²) in [5.41, 5.74) is 0.0904. The van der Waals surface area contributed by atoms with Crippen LogP contribution in [0.4, 0.5) is 8.78 Å². The molecule has 1 atom stereocenters. The Hall–Kier alpha value is -3.35. The minimum atomic E-state index is -2.02. The highest BCUT2D eigenvalue weighted by molar-refractivity contribution is 5.81. The Kier molecular flexibility index (Phi) is 14.6. The van der Waals surface area contributed by atoms with Crippen molar-refractivity contribution in [1.82, 2.24) is 9.97 Å². The van der Waals surface area contributed by atoms with Crippen LogP contribution in [0.1, 0.15) is 111 Å². The first-order valence-corrected chi connectivity index (χ1v) is 16.1. The fourth-order valence-corrected chi connectivity index (χ4v) is 4.89. The molecule has 0 amide bonds. The zero-order valence-electron chi connectivity index (χ0n) is 26.2. The van der Waals surface area contributed by atoms with E-state index < -0.39 is 17.5 Å². The number of esters is 1. The van der Waals surface area contributed by atoms with Crippen LogP contribution in [0.2, 0.25) is 0 Å². The lowest BCUT2D eigenvalue weighted by Gasteiger charge is -2.18. The van der Waals surface area contributed by atoms with Gasteiger partial charge in [0.2, 0.25) is 5.67 Å². The zero-order chi connectivity index (χ0) is 30.9. The van der Waals surface area contributed by atoms with Gasteiger partial charge in [0.1, 0.15) is 5.75 Å². The maximum Gasteiger partial charge on any atom is 0.348 e. The van der Waals surface area contributed by atoms with Crippen LogP contribution < -0.4 is 9.47 Å². The van der Waals surface area contributed by atoms with E-state index in [1.54, 1.807) is 48.8 Å². The molecule has 0 bridgehead atoms. The van der Waals surface area contributed by atoms with Gasteiger partial charge in [-0.25, -0.2) is 23.5 Å². The van der Waals surface area contributed by atoms with Crippen molar-refractivity contribution in [3.63, 3.8) is 0 Å². The van der Waals surface area contributed by atoms with E-state index in [-0.39, 0.29) is 17.9 Å². The maximum absolute atomic E-state index is 14.8. The van der Waals surface area contributed by atoms with E-state index in [0.717, 1.165) is 43.2 Å². The smallest absolute Gasteiger partial charge is 0.348 e. The third kappa shape index (κ3) is 11.7. The molecule has 43 heavy (non-hydrogen) atoms. The highest BCUT2D eigenvalue weighted by Crippen LogP contribution is 2.28. The summed E-state index contributed by atoms with van der Waals surface area (Å²) in [4.78, 5) is 21.2. The van der Waals surface area contributed by atoms with Crippen molar-refractivity contribution in [3.8, 4) is 34.0 Å². The van der Waals surface area contributed by atoms with Gasteiger partial charge < -0.3 is 9.47 Å². The van der Waals surface area contributed by atoms with Crippen molar-refractivity contribution in [1.29, 1.82) is 0 Å². The molecular formula is C36H48F2N2O3. The first-order valence-electron chi connectivity index (χ1n) is 16.1. The molecule has 3 aromatic rings. The van der Waals surface area contributed by atoms with Gasteiger partial charge in [-0.2, -0.15) is 0 Å². The Morgan fingerprint density at radius 1 is 0.744 bits per heavy atom. The van der Waals surface area contributed by atoms with Crippen molar-refractivity contribution in [3.05, 3.63) is 60.7 Å². The molecule has 3 rings (SSSR count). The van der Waals surface area contributed by atoms with Crippen LogP contribution in [0.5, 0.6) is 11.5 Å². The molecule has 0 N–H and O–H groups in total. The molecule has 1 aromatic heterocycles. The van der Waals surface area contributed by atoms with Crippen LogP contribution >= 0.6 is 0 Å². The van der Waals surface area contributed by atoms with Gasteiger partial charge in [-0.1, -0.05) is 96.6 Å². The monoisotopic (exact) mass is 594 g/mol. The average Bonchev–Trinajstić information content (AvgIpc) is 3.01. The quantitative estimate of drug-likeness (QED) is 0.0740. The number of alkyl halides is 1. The second kappa shape index (κ2) is 18.3. The average molecular weight is 595 g/mol. The number of rotatable bonds is 20. The van der Waals surface area contributed by atoms with Crippen molar-refractivity contribution in [2.45, 2.75) is 116 Å². The molecule has 0 saturated heterocycles. The lowest BCUT2D eigenvalue weighted by Crippen LogP contribution is -2.34. The predicted molar refractivity (Wildman–Crippen MR) is 169 cm³/mol. The number of nitrogens with zero attached hydrogens (tertiary/aromatic N) is 2. The van der Waals surface area contributed by atoms with E-state index in [0.29, 0.717) is 24.4 Å². The lowest BCUT2D eigenvalue weighted by atomic mass is 10.00. The minimum Gasteiger partial charge on any atom is -0.491 e. The summed E-state index contributed by atoms with van der Waals surface area (Å²) >= 11 is 0. The molecule has 0 fully saturated rings. The van der Waals surface area contributed by atoms with Gasteiger partial charge in [-0.05, 0) is 62.1 Å². The van der Waals surface area contributed by atoms with E-state index >= 15 is 0 Å². The van der Waals surface area contributed by atoms with E-state index in [4.69, 9.17) is 9.47 Å². The normalized spacial score (nSPS) is 12.6. The zero-order valence-corrected chi connectivity index (χ0v) is 26.2. The topological polar surface area (TPSA) is 61.3 Å². The Balaban J connectivity index is 1.46. The molecule has 0 aliphatic carbocycles. The summed E-state index contributed by atoms with van der Waals surface area (Å²) in [6.07, 6.45) is 18.1. The number of aromatic nitrogens is 2. The Labute approximate surface area is 256 Å². The van der Waals surface area contributed by atoms with Crippen molar-refractivity contribution in [2.75, 3.05) is 6.61 Å². The van der Waals surface area contributed by atoms with E-state index in [2.05, 4.69) is 23.8 Å². The number of unbranched alkanes of at least 4 members (excludes halogenated alkanes) is 11. The number of carbonyl (C=O) groups is 1. The van der Waals surface area contributed by atoms with Crippen LogP contribution in [0.15, 0.2) is 54.9 Å². The molecule has 1 heterocycles. The van der Waals surface area contributed by atoms with E-state index in [9.17, 15) is 13.6 Å². The maximum atomic E-state index is 14.8. The molecule has 5 nitrogen and oxygen atoms in total. The molecule has 0 spiro atoms. The second-order valence-electron chi connectivity index (χ2n) is 11.5. The first kappa shape index (κ1) is 34.1. The third-order valence-corrected chi connectivity index (χ3v) is 7.67. The number of hydrogen-bond donors (Lipinski definition) is 0. The summed E-state index contributed by atoms with van der Waals surface area (Å²) in [5.74, 6) is -0.391. The predicted octanol–water partition coefficient (Wildman–Crippen LogP) is 10.5. The van der Waals surface area contributed by atoms with Gasteiger partial charge in [0.15, 0.2) is 17.4 Å². The second-order valence-corrected chi connectivity index (χ2v) is 11.5. The summed E-state index contributed by atoms with van der Waals surface area (Å²) in [5, 5.41) is 0. The van der Waals surface area contributed by atoms with Crippen molar-refractivity contribution in [2.24, 2.45) is 0 Å². The number of ether oxygens (including phenoxy) is 2. The van der Waals surface area contributed by atoms with Gasteiger partial charge in [0, 0.05) is 23.5 Å². The molecule has 0 saturated carbocycles. The van der Waals surface area contributed by atoms with Crippen LogP contribution in [0.3, 0.4) is 0 Å². The van der Waals surface area contributed by atoms with Crippen molar-refractivity contribution < 1.29 is 23.0 Å². The number of carbonyl (C=O) groups excluding carboxylic acids is 1. The SMILES string of the molecule is CCCCCCCCCCCOc1ccc(-c2ncc(-c3ccc(OC(=O)[C@@](C)(F)CCCCCC)cc3)cn2)cc1F. The summed E-state index contributed by atoms with van der Waals surface area (Å²) in [6.45, 7) is 6.10. The first-order chi connectivity index (χ1) is 20.8. The Morgan fingerprint density at radius 3 is 1.91 bits per heavy atom. The minimum absolute atomic E-state index is 0.145. The van der Waals surface area contributed by atoms with Gasteiger partial charge in [0.05, 0.1) is 6.61 Å². The Morgan fingerprint density at radius 2 is 1.30 bits per heavy atom. The highest BCUT2D eigenvalue weighted by Gasteiger charge is 2.34. The molecule has 0 unspecified atom stereocenters. The number of benzene rings is 2. The summed E-state index contributed by atoms with van der Waals surface area (Å²) in [7, 11) is 0. The molecule has 234 valence electrons. The van der Waals surface area contributed by atoms with Crippen LogP contribution in [0.25, 0.3) is 22.5 Å². The fourth-order valence-electron chi connectivity index (χ4n) is 4.89. The summed E-state index contributed by atoms with van der Waals surface area (Å²) < 4.78 is 40.5. The molecular weight excluding hydrogens is 546 g/mol. The highest BCUT2D eigenvalue weighted by atomic mass is 19.1. The van der Waals surface area contributed by atoms with Crippen LogP contribution in [-0.2, 0) is 4.79 Å². The summed E-state index contributed by atoms with van der Waals surface area (Å²) in [6, 6.07) is 11.5. The van der Waals surface area contributed by atoms with Gasteiger partial charge in [-0.3, -0.25) is 0 Å². The van der Waals surface area contributed by atoms with E-state index in [1.807, 2.05) is 0 Å². The van der Waals surface area contributed by atoms with Gasteiger partial charge in [-0.15, -0.1) is 0 Å². The Bertz CT molecular complexity index is 1230. The number of halogens is 2. The fraction of sp³-hybridized carbons (Fsp3) is 0.528. The van der Waals surface area contributed by atoms with Gasteiger partial charge >= 0.3 is 5.97 Å². The van der Waals surface area contributed by atoms with Crippen LogP contribution in [-0.4, -0.2) is 28.2 Å². The van der Waals surface area contributed by atoms with Gasteiger partial charge in [0.25, 0.3) is 0 Å². The standard InChI is InChI=1S/C36H48F2N2O3/c1-4-6-8-10-11-12-13-14-16-24-42-33-22-19-29(25-32(33)37)34-39-26-30(27-40-34)28-17-20-31(21-18-28)43-35(41)36(3,38)23-15-9-7-5-2/h17-22,25-27H,4-16,23-24H2,1-3H3/t36-/m0/s1. The molecule has 0 aliphatic rings. The van der Waals surface area contributed by atoms with Crippen molar-refractivity contribution >= 4 is 5.97 Å². The lowest BCUT2D eigenvalue weighted by molar-refractivity contribution is -0.147. The molecule has 0 radical (unpaired) electrons. The number of hydrogen-bond acceptors (Lipinski definition) is 5. The van der Waals surface area contributed by atoms with Crippen LogP contribution in [0, 0.1) is 5.82 Å². The van der Waals surface area contributed by atoms with E-state index in [1.165, 1.54) is 57.9 Å². The molecule has 2 aromatic carbocycles. The largest absolute Gasteiger partial charge is 0.491 e. The third-order valence-electron chi connectivity index (χ3n) is 7.67.